The fourth-order valence-electron chi connectivity index (χ4n) is 3.27. The molecule has 0 unspecified atom stereocenters. The minimum atomic E-state index is -1.61. The number of carbonyl (C=O) groups is 3. The van der Waals surface area contributed by atoms with Gasteiger partial charge in [-0.05, 0) is 35.4 Å². The molecule has 4 aromatic rings. The number of anilines is 2. The van der Waals surface area contributed by atoms with Gasteiger partial charge < -0.3 is 25.2 Å². The second-order valence-corrected chi connectivity index (χ2v) is 7.89. The Labute approximate surface area is 212 Å². The van der Waals surface area contributed by atoms with E-state index in [1.54, 1.807) is 18.2 Å². The van der Waals surface area contributed by atoms with Crippen LogP contribution < -0.4 is 20.1 Å². The SMILES string of the molecule is O=C(O)C(=O)Nc1ccc(NC(=O)c2cc(OCc3ccccc3)cc(OCc3ccccc3)c2)nc1. The van der Waals surface area contributed by atoms with E-state index >= 15 is 0 Å². The van der Waals surface area contributed by atoms with Gasteiger partial charge in [-0.25, -0.2) is 9.78 Å². The van der Waals surface area contributed by atoms with Crippen LogP contribution in [0.5, 0.6) is 11.5 Å². The summed E-state index contributed by atoms with van der Waals surface area (Å²) in [6.45, 7) is 0.629. The molecule has 0 saturated carbocycles. The van der Waals surface area contributed by atoms with Gasteiger partial charge >= 0.3 is 11.9 Å². The van der Waals surface area contributed by atoms with Crippen molar-refractivity contribution in [2.24, 2.45) is 0 Å². The first kappa shape index (κ1) is 24.9. The number of ether oxygens (including phenoxy) is 2. The van der Waals surface area contributed by atoms with Crippen LogP contribution in [0, 0.1) is 0 Å². The average Bonchev–Trinajstić information content (AvgIpc) is 2.93. The van der Waals surface area contributed by atoms with E-state index in [0.29, 0.717) is 30.3 Å². The molecule has 0 aliphatic carbocycles. The fraction of sp³-hybridized carbons (Fsp3) is 0.0714. The average molecular weight is 498 g/mol. The Bertz CT molecular complexity index is 1310. The zero-order chi connectivity index (χ0) is 26.0. The molecule has 37 heavy (non-hydrogen) atoms. The molecule has 0 atom stereocenters. The van der Waals surface area contributed by atoms with Crippen LogP contribution in [-0.4, -0.2) is 27.9 Å². The topological polar surface area (TPSA) is 127 Å². The number of amides is 2. The Balaban J connectivity index is 1.49. The Morgan fingerprint density at radius 3 is 1.78 bits per heavy atom. The molecular weight excluding hydrogens is 474 g/mol. The van der Waals surface area contributed by atoms with Crippen molar-refractivity contribution in [1.29, 1.82) is 0 Å². The van der Waals surface area contributed by atoms with Gasteiger partial charge in [-0.3, -0.25) is 9.59 Å². The van der Waals surface area contributed by atoms with Crippen molar-refractivity contribution in [2.75, 3.05) is 10.6 Å². The standard InChI is InChI=1S/C28H23N3O6/c32-26(31-25-12-11-22(16-29-25)30-27(33)28(34)35)21-13-23(36-17-19-7-3-1-4-8-19)15-24(14-21)37-18-20-9-5-2-6-10-20/h1-16H,17-18H2,(H,30,33)(H,34,35)(H,29,31,32). The van der Waals surface area contributed by atoms with Crippen LogP contribution in [0.1, 0.15) is 21.5 Å². The van der Waals surface area contributed by atoms with Crippen LogP contribution in [0.3, 0.4) is 0 Å². The molecule has 2 amide bonds. The largest absolute Gasteiger partial charge is 0.489 e. The summed E-state index contributed by atoms with van der Waals surface area (Å²) in [5.74, 6) is -2.13. The number of benzene rings is 3. The second-order valence-electron chi connectivity index (χ2n) is 7.89. The Morgan fingerprint density at radius 1 is 0.730 bits per heavy atom. The second kappa shape index (κ2) is 12.0. The van der Waals surface area contributed by atoms with E-state index in [2.05, 4.69) is 15.6 Å². The number of aromatic nitrogens is 1. The Morgan fingerprint density at radius 2 is 1.30 bits per heavy atom. The van der Waals surface area contributed by atoms with Gasteiger partial charge in [0.05, 0.1) is 11.9 Å². The van der Waals surface area contributed by atoms with Gasteiger partial charge in [0, 0.05) is 11.6 Å². The van der Waals surface area contributed by atoms with Crippen molar-refractivity contribution >= 4 is 29.3 Å². The number of carboxylic acid groups (broad SMARTS) is 1. The van der Waals surface area contributed by atoms with Gasteiger partial charge in [0.1, 0.15) is 30.5 Å². The highest BCUT2D eigenvalue weighted by atomic mass is 16.5. The minimum Gasteiger partial charge on any atom is -0.489 e. The van der Waals surface area contributed by atoms with E-state index in [-0.39, 0.29) is 11.5 Å². The van der Waals surface area contributed by atoms with Gasteiger partial charge in [-0.2, -0.15) is 0 Å². The molecule has 3 N–H and O–H groups in total. The van der Waals surface area contributed by atoms with Crippen molar-refractivity contribution in [1.82, 2.24) is 4.98 Å². The van der Waals surface area contributed by atoms with Crippen LogP contribution in [0.25, 0.3) is 0 Å². The predicted octanol–water partition coefficient (Wildman–Crippen LogP) is 4.52. The highest BCUT2D eigenvalue weighted by Gasteiger charge is 2.14. The molecule has 0 bridgehead atoms. The fourth-order valence-corrected chi connectivity index (χ4v) is 3.27. The maximum atomic E-state index is 13.0. The first-order valence-corrected chi connectivity index (χ1v) is 11.3. The third-order valence-corrected chi connectivity index (χ3v) is 5.10. The number of hydrogen-bond acceptors (Lipinski definition) is 6. The first-order valence-electron chi connectivity index (χ1n) is 11.3. The number of nitrogens with zero attached hydrogens (tertiary/aromatic N) is 1. The van der Waals surface area contributed by atoms with Gasteiger partial charge in [0.15, 0.2) is 0 Å². The lowest BCUT2D eigenvalue weighted by Gasteiger charge is -2.13. The summed E-state index contributed by atoms with van der Waals surface area (Å²) in [7, 11) is 0. The van der Waals surface area contributed by atoms with Crippen LogP contribution in [0.15, 0.2) is 97.2 Å². The molecule has 4 rings (SSSR count). The van der Waals surface area contributed by atoms with Gasteiger partial charge in [0.25, 0.3) is 5.91 Å². The quantitative estimate of drug-likeness (QED) is 0.290. The molecule has 0 spiro atoms. The van der Waals surface area contributed by atoms with E-state index < -0.39 is 17.8 Å². The molecule has 0 saturated heterocycles. The van der Waals surface area contributed by atoms with Gasteiger partial charge in [0.2, 0.25) is 0 Å². The molecule has 3 aromatic carbocycles. The summed E-state index contributed by atoms with van der Waals surface area (Å²) in [6, 6.07) is 27.1. The van der Waals surface area contributed by atoms with E-state index in [0.717, 1.165) is 11.1 Å². The van der Waals surface area contributed by atoms with E-state index in [1.807, 2.05) is 60.7 Å². The van der Waals surface area contributed by atoms with Gasteiger partial charge in [-0.1, -0.05) is 60.7 Å². The van der Waals surface area contributed by atoms with Crippen molar-refractivity contribution in [3.05, 3.63) is 114 Å². The highest BCUT2D eigenvalue weighted by molar-refractivity contribution is 6.36. The van der Waals surface area contributed by atoms with E-state index in [9.17, 15) is 14.4 Å². The molecule has 0 fully saturated rings. The summed E-state index contributed by atoms with van der Waals surface area (Å²) < 4.78 is 11.9. The first-order chi connectivity index (χ1) is 18.0. The normalized spacial score (nSPS) is 10.3. The monoisotopic (exact) mass is 497 g/mol. The van der Waals surface area contributed by atoms with Crippen molar-refractivity contribution in [2.45, 2.75) is 13.2 Å². The molecule has 9 heteroatoms. The maximum absolute atomic E-state index is 13.0. The summed E-state index contributed by atoms with van der Waals surface area (Å²) >= 11 is 0. The number of carbonyl (C=O) groups excluding carboxylic acids is 2. The van der Waals surface area contributed by atoms with Crippen LogP contribution in [0.4, 0.5) is 11.5 Å². The highest BCUT2D eigenvalue weighted by Crippen LogP contribution is 2.25. The van der Waals surface area contributed by atoms with E-state index in [4.69, 9.17) is 14.6 Å². The molecule has 1 heterocycles. The van der Waals surface area contributed by atoms with Crippen LogP contribution >= 0.6 is 0 Å². The molecular formula is C28H23N3O6. The van der Waals surface area contributed by atoms with Crippen LogP contribution in [0.2, 0.25) is 0 Å². The number of nitrogens with one attached hydrogen (secondary N) is 2. The molecule has 0 aliphatic rings. The maximum Gasteiger partial charge on any atom is 0.394 e. The number of aliphatic carboxylic acids is 1. The third-order valence-electron chi connectivity index (χ3n) is 5.10. The van der Waals surface area contributed by atoms with Crippen LogP contribution in [-0.2, 0) is 22.8 Å². The number of rotatable bonds is 9. The predicted molar refractivity (Wildman–Crippen MR) is 136 cm³/mol. The summed E-state index contributed by atoms with van der Waals surface area (Å²) in [5.41, 5.74) is 2.42. The van der Waals surface area contributed by atoms with E-state index in [1.165, 1.54) is 18.3 Å². The molecule has 0 radical (unpaired) electrons. The zero-order valence-electron chi connectivity index (χ0n) is 19.6. The van der Waals surface area contributed by atoms with Crippen molar-refractivity contribution in [3.8, 4) is 11.5 Å². The molecule has 186 valence electrons. The summed E-state index contributed by atoms with van der Waals surface area (Å²) in [6.07, 6.45) is 1.24. The minimum absolute atomic E-state index is 0.179. The Kier molecular flexibility index (Phi) is 8.07. The third kappa shape index (κ3) is 7.40. The Hall–Kier alpha value is -5.18. The smallest absolute Gasteiger partial charge is 0.394 e. The molecule has 0 aliphatic heterocycles. The lowest BCUT2D eigenvalue weighted by Crippen LogP contribution is -2.22. The lowest BCUT2D eigenvalue weighted by molar-refractivity contribution is -0.147. The summed E-state index contributed by atoms with van der Waals surface area (Å²) in [4.78, 5) is 39.0. The summed E-state index contributed by atoms with van der Waals surface area (Å²) in [5, 5.41) is 13.5. The number of carboxylic acids is 1. The number of pyridine rings is 1. The van der Waals surface area contributed by atoms with Crippen molar-refractivity contribution in [3.63, 3.8) is 0 Å². The molecule has 9 nitrogen and oxygen atoms in total. The zero-order valence-corrected chi connectivity index (χ0v) is 19.6. The molecule has 1 aromatic heterocycles. The lowest BCUT2D eigenvalue weighted by atomic mass is 10.1. The van der Waals surface area contributed by atoms with Crippen molar-refractivity contribution < 1.29 is 29.0 Å². The van der Waals surface area contributed by atoms with Gasteiger partial charge in [-0.15, -0.1) is 0 Å². The number of hydrogen-bond donors (Lipinski definition) is 3.